The van der Waals surface area contributed by atoms with E-state index in [4.69, 9.17) is 9.73 Å². The van der Waals surface area contributed by atoms with E-state index in [1.54, 1.807) is 0 Å². The van der Waals surface area contributed by atoms with Crippen LogP contribution in [0.3, 0.4) is 0 Å². The maximum atomic E-state index is 5.43. The molecule has 0 spiro atoms. The summed E-state index contributed by atoms with van der Waals surface area (Å²) < 4.78 is 5.43. The molecule has 2 unspecified atom stereocenters. The molecule has 2 atom stereocenters. The van der Waals surface area contributed by atoms with Gasteiger partial charge in [-0.3, -0.25) is 14.8 Å². The molecule has 0 aromatic heterocycles. The van der Waals surface area contributed by atoms with E-state index in [2.05, 4.69) is 41.2 Å². The molecule has 6 nitrogen and oxygen atoms in total. The fourth-order valence-electron chi connectivity index (χ4n) is 3.62. The molecule has 2 fully saturated rings. The molecule has 0 radical (unpaired) electrons. The van der Waals surface area contributed by atoms with Crippen molar-refractivity contribution in [3.8, 4) is 0 Å². The lowest BCUT2D eigenvalue weighted by Gasteiger charge is -2.35. The maximum Gasteiger partial charge on any atom is 0.191 e. The number of likely N-dealkylation sites (tertiary alicyclic amines) is 1. The van der Waals surface area contributed by atoms with Crippen LogP contribution < -0.4 is 10.6 Å². The summed E-state index contributed by atoms with van der Waals surface area (Å²) in [4.78, 5) is 9.88. The average Bonchev–Trinajstić information content (AvgIpc) is 2.64. The molecule has 7 heteroatoms. The fourth-order valence-corrected chi connectivity index (χ4v) is 3.62. The van der Waals surface area contributed by atoms with E-state index in [-0.39, 0.29) is 24.0 Å². The van der Waals surface area contributed by atoms with Gasteiger partial charge in [-0.05, 0) is 39.8 Å². The van der Waals surface area contributed by atoms with Crippen LogP contribution in [0.4, 0.5) is 0 Å². The minimum absolute atomic E-state index is 0. The third-order valence-electron chi connectivity index (χ3n) is 5.19. The number of aliphatic imine (C=N–C) groups is 1. The van der Waals surface area contributed by atoms with Crippen molar-refractivity contribution in [3.63, 3.8) is 0 Å². The highest BCUT2D eigenvalue weighted by Gasteiger charge is 2.21. The lowest BCUT2D eigenvalue weighted by Crippen LogP contribution is -2.49. The lowest BCUT2D eigenvalue weighted by atomic mass is 10.0. The first-order valence-corrected chi connectivity index (χ1v) is 9.82. The van der Waals surface area contributed by atoms with E-state index >= 15 is 0 Å². The van der Waals surface area contributed by atoms with Gasteiger partial charge in [0.1, 0.15) is 0 Å². The number of hydrogen-bond donors (Lipinski definition) is 2. The van der Waals surface area contributed by atoms with Crippen LogP contribution in [0.1, 0.15) is 40.0 Å². The van der Waals surface area contributed by atoms with E-state index in [1.165, 1.54) is 25.8 Å². The minimum Gasteiger partial charge on any atom is -0.379 e. The Morgan fingerprint density at radius 2 is 1.92 bits per heavy atom. The summed E-state index contributed by atoms with van der Waals surface area (Å²) in [5.74, 6) is 0.958. The van der Waals surface area contributed by atoms with Crippen LogP contribution in [0.25, 0.3) is 0 Å². The smallest absolute Gasteiger partial charge is 0.191 e. The summed E-state index contributed by atoms with van der Waals surface area (Å²) in [6.45, 7) is 15.5. The third kappa shape index (κ3) is 7.97. The molecule has 2 rings (SSSR count). The molecule has 0 aromatic carbocycles. The zero-order valence-electron chi connectivity index (χ0n) is 16.3. The number of guanidine groups is 1. The van der Waals surface area contributed by atoms with Crippen LogP contribution >= 0.6 is 24.0 Å². The Hall–Kier alpha value is -0.120. The van der Waals surface area contributed by atoms with E-state index in [9.17, 15) is 0 Å². The van der Waals surface area contributed by atoms with Crippen LogP contribution in [0.5, 0.6) is 0 Å². The monoisotopic (exact) mass is 467 g/mol. The van der Waals surface area contributed by atoms with Gasteiger partial charge in [-0.25, -0.2) is 0 Å². The van der Waals surface area contributed by atoms with E-state index < -0.39 is 0 Å². The normalized spacial score (nSPS) is 24.4. The molecule has 0 aromatic rings. The second-order valence-electron chi connectivity index (χ2n) is 6.88. The highest BCUT2D eigenvalue weighted by atomic mass is 127. The van der Waals surface area contributed by atoms with Crippen molar-refractivity contribution in [2.75, 3.05) is 59.0 Å². The number of ether oxygens (including phenoxy) is 1. The fraction of sp³-hybridized carbons (Fsp3) is 0.944. The maximum absolute atomic E-state index is 5.43. The zero-order chi connectivity index (χ0) is 17.2. The first kappa shape index (κ1) is 22.9. The summed E-state index contributed by atoms with van der Waals surface area (Å²) in [6, 6.07) is 1.11. The van der Waals surface area contributed by atoms with E-state index in [0.717, 1.165) is 58.4 Å². The predicted molar refractivity (Wildman–Crippen MR) is 116 cm³/mol. The molecule has 0 bridgehead atoms. The zero-order valence-corrected chi connectivity index (χ0v) is 18.6. The van der Waals surface area contributed by atoms with Crippen LogP contribution in [0.15, 0.2) is 4.99 Å². The van der Waals surface area contributed by atoms with E-state index in [1.807, 2.05) is 0 Å². The molecule has 2 saturated heterocycles. The van der Waals surface area contributed by atoms with Crippen LogP contribution in [0, 0.1) is 0 Å². The van der Waals surface area contributed by atoms with Gasteiger partial charge in [-0.15, -0.1) is 24.0 Å². The number of piperidine rings is 1. The summed E-state index contributed by atoms with van der Waals surface area (Å²) >= 11 is 0. The van der Waals surface area contributed by atoms with Crippen molar-refractivity contribution < 1.29 is 4.74 Å². The van der Waals surface area contributed by atoms with Gasteiger partial charge < -0.3 is 15.4 Å². The van der Waals surface area contributed by atoms with Gasteiger partial charge in [0.2, 0.25) is 0 Å². The number of morpholine rings is 1. The van der Waals surface area contributed by atoms with Crippen LogP contribution in [0.2, 0.25) is 0 Å². The number of halogens is 1. The number of hydrogen-bond acceptors (Lipinski definition) is 4. The van der Waals surface area contributed by atoms with Crippen molar-refractivity contribution in [3.05, 3.63) is 0 Å². The Labute approximate surface area is 171 Å². The largest absolute Gasteiger partial charge is 0.379 e. The number of rotatable bonds is 7. The number of likely N-dealkylation sites (N-methyl/N-ethyl adjacent to an activating group) is 1. The summed E-state index contributed by atoms with van der Waals surface area (Å²) in [5, 5.41) is 6.96. The molecule has 25 heavy (non-hydrogen) atoms. The van der Waals surface area contributed by atoms with Gasteiger partial charge in [-0.2, -0.15) is 0 Å². The summed E-state index contributed by atoms with van der Waals surface area (Å²) in [6.07, 6.45) is 3.99. The number of nitrogens with one attached hydrogen (secondary N) is 2. The Kier molecular flexibility index (Phi) is 12.0. The lowest BCUT2D eigenvalue weighted by molar-refractivity contribution is 0.0220. The quantitative estimate of drug-likeness (QED) is 0.340. The number of nitrogens with zero attached hydrogens (tertiary/aromatic N) is 3. The van der Waals surface area contributed by atoms with Crippen LogP contribution in [-0.4, -0.2) is 86.9 Å². The Morgan fingerprint density at radius 3 is 2.60 bits per heavy atom. The third-order valence-corrected chi connectivity index (χ3v) is 5.19. The summed E-state index contributed by atoms with van der Waals surface area (Å²) in [7, 11) is 0. The topological polar surface area (TPSA) is 52.1 Å². The predicted octanol–water partition coefficient (Wildman–Crippen LogP) is 1.75. The second-order valence-corrected chi connectivity index (χ2v) is 6.88. The summed E-state index contributed by atoms with van der Waals surface area (Å²) in [5.41, 5.74) is 0. The van der Waals surface area contributed by atoms with Crippen molar-refractivity contribution in [1.82, 2.24) is 20.4 Å². The highest BCUT2D eigenvalue weighted by Crippen LogP contribution is 2.15. The van der Waals surface area contributed by atoms with Gasteiger partial charge in [0.25, 0.3) is 0 Å². The molecule has 2 aliphatic rings. The van der Waals surface area contributed by atoms with Crippen molar-refractivity contribution in [2.45, 2.75) is 52.1 Å². The molecule has 2 heterocycles. The van der Waals surface area contributed by atoms with Gasteiger partial charge in [0.05, 0.1) is 19.8 Å². The highest BCUT2D eigenvalue weighted by molar-refractivity contribution is 14.0. The molecule has 0 aliphatic carbocycles. The molecular weight excluding hydrogens is 429 g/mol. The Bertz CT molecular complexity index is 376. The second kappa shape index (κ2) is 13.1. The standard InChI is InChI=1S/C18H37N5O.HI/c1-4-19-18(20-14-16(3)23-10-12-24-13-11-23)21-15-17-8-6-7-9-22(17)5-2;/h16-17H,4-15H2,1-3H3,(H2,19,20,21);1H. The molecule has 2 aliphatic heterocycles. The molecule has 148 valence electrons. The Morgan fingerprint density at radius 1 is 1.16 bits per heavy atom. The Balaban J connectivity index is 0.00000312. The average molecular weight is 467 g/mol. The van der Waals surface area contributed by atoms with Gasteiger partial charge in [0, 0.05) is 38.3 Å². The first-order chi connectivity index (χ1) is 11.7. The molecule has 0 saturated carbocycles. The van der Waals surface area contributed by atoms with Crippen molar-refractivity contribution in [1.29, 1.82) is 0 Å². The minimum atomic E-state index is 0. The van der Waals surface area contributed by atoms with Gasteiger partial charge in [-0.1, -0.05) is 13.3 Å². The molecular formula is C18H38IN5O. The van der Waals surface area contributed by atoms with Crippen LogP contribution in [-0.2, 0) is 4.74 Å². The van der Waals surface area contributed by atoms with Gasteiger partial charge in [0.15, 0.2) is 5.96 Å². The first-order valence-electron chi connectivity index (χ1n) is 9.82. The molecule has 0 amide bonds. The molecule has 2 N–H and O–H groups in total. The van der Waals surface area contributed by atoms with Gasteiger partial charge >= 0.3 is 0 Å². The SMILES string of the molecule is CCNC(=NCC(C)N1CCOCC1)NCC1CCCCN1CC.I. The van der Waals surface area contributed by atoms with E-state index in [0.29, 0.717) is 12.1 Å². The van der Waals surface area contributed by atoms with Crippen molar-refractivity contribution >= 4 is 29.9 Å². The van der Waals surface area contributed by atoms with Crippen molar-refractivity contribution in [2.24, 2.45) is 4.99 Å².